The van der Waals surface area contributed by atoms with Crippen LogP contribution in [0.3, 0.4) is 0 Å². The van der Waals surface area contributed by atoms with Gasteiger partial charge in [-0.2, -0.15) is 0 Å². The number of benzene rings is 1. The molecule has 1 atom stereocenters. The maximum absolute atomic E-state index is 12.8. The smallest absolute Gasteiger partial charge is 0.266 e. The van der Waals surface area contributed by atoms with Gasteiger partial charge in [-0.3, -0.25) is 9.69 Å². The van der Waals surface area contributed by atoms with Crippen LogP contribution in [0.25, 0.3) is 6.08 Å². The van der Waals surface area contributed by atoms with E-state index in [4.69, 9.17) is 26.4 Å². The Bertz CT molecular complexity index is 900. The van der Waals surface area contributed by atoms with E-state index in [2.05, 4.69) is 0 Å². The molecule has 7 nitrogen and oxygen atoms in total. The van der Waals surface area contributed by atoms with Gasteiger partial charge in [-0.25, -0.2) is 8.42 Å². The van der Waals surface area contributed by atoms with E-state index in [1.54, 1.807) is 18.2 Å². The number of carbonyl (C=O) groups is 1. The van der Waals surface area contributed by atoms with Crippen LogP contribution < -0.4 is 14.2 Å². The van der Waals surface area contributed by atoms with Gasteiger partial charge >= 0.3 is 0 Å². The molecule has 2 fully saturated rings. The number of methoxy groups -OCH3 is 3. The van der Waals surface area contributed by atoms with Gasteiger partial charge < -0.3 is 14.2 Å². The zero-order valence-corrected chi connectivity index (χ0v) is 17.5. The van der Waals surface area contributed by atoms with Crippen molar-refractivity contribution in [3.63, 3.8) is 0 Å². The van der Waals surface area contributed by atoms with Crippen molar-refractivity contribution in [2.75, 3.05) is 32.8 Å². The fourth-order valence-corrected chi connectivity index (χ4v) is 6.21. The van der Waals surface area contributed by atoms with E-state index in [0.29, 0.717) is 38.5 Å². The number of sulfone groups is 1. The molecular formula is C17H19NO6S3. The molecule has 146 valence electrons. The van der Waals surface area contributed by atoms with Crippen molar-refractivity contribution < 1.29 is 27.4 Å². The topological polar surface area (TPSA) is 82.1 Å². The third-order valence-electron chi connectivity index (χ3n) is 4.38. The molecular weight excluding hydrogens is 410 g/mol. The molecule has 2 heterocycles. The van der Waals surface area contributed by atoms with Gasteiger partial charge in [0.05, 0.1) is 43.8 Å². The van der Waals surface area contributed by atoms with Crippen LogP contribution in [0.4, 0.5) is 0 Å². The first-order valence-corrected chi connectivity index (χ1v) is 11.1. The highest BCUT2D eigenvalue weighted by atomic mass is 32.2. The van der Waals surface area contributed by atoms with E-state index < -0.39 is 15.9 Å². The number of hydrogen-bond acceptors (Lipinski definition) is 8. The molecule has 3 rings (SSSR count). The molecule has 0 N–H and O–H groups in total. The minimum absolute atomic E-state index is 0.0447. The molecule has 0 saturated carbocycles. The van der Waals surface area contributed by atoms with Gasteiger partial charge in [0.2, 0.25) is 5.75 Å². The lowest BCUT2D eigenvalue weighted by atomic mass is 10.1. The number of nitrogens with zero attached hydrogens (tertiary/aromatic N) is 1. The third kappa shape index (κ3) is 3.92. The Balaban J connectivity index is 1.92. The minimum atomic E-state index is -3.11. The number of thioether (sulfide) groups is 1. The lowest BCUT2D eigenvalue weighted by Crippen LogP contribution is -2.39. The zero-order valence-electron chi connectivity index (χ0n) is 15.1. The third-order valence-corrected chi connectivity index (χ3v) is 7.46. The first kappa shape index (κ1) is 20.0. The zero-order chi connectivity index (χ0) is 19.8. The summed E-state index contributed by atoms with van der Waals surface area (Å²) in [6.45, 7) is 0. The Hall–Kier alpha value is -1.78. The van der Waals surface area contributed by atoms with Crippen molar-refractivity contribution in [2.45, 2.75) is 12.5 Å². The van der Waals surface area contributed by atoms with E-state index in [1.807, 2.05) is 0 Å². The van der Waals surface area contributed by atoms with Crippen LogP contribution >= 0.6 is 24.0 Å². The van der Waals surface area contributed by atoms with Gasteiger partial charge in [-0.1, -0.05) is 24.0 Å². The van der Waals surface area contributed by atoms with Crippen molar-refractivity contribution in [3.05, 3.63) is 22.6 Å². The van der Waals surface area contributed by atoms with Crippen LogP contribution in [0.5, 0.6) is 17.2 Å². The van der Waals surface area contributed by atoms with Crippen molar-refractivity contribution >= 4 is 50.1 Å². The fraction of sp³-hybridized carbons (Fsp3) is 0.412. The summed E-state index contributed by atoms with van der Waals surface area (Å²) < 4.78 is 39.8. The van der Waals surface area contributed by atoms with E-state index in [1.165, 1.54) is 26.2 Å². The van der Waals surface area contributed by atoms with Crippen molar-refractivity contribution in [1.82, 2.24) is 4.90 Å². The van der Waals surface area contributed by atoms with Gasteiger partial charge in [0.15, 0.2) is 21.3 Å². The standard InChI is InChI=1S/C17H19NO6S3/c1-22-12-6-10(7-13(23-2)15(12)24-3)8-14-16(19)18(17(25)26-14)11-4-5-27(20,21)9-11/h6-8,11H,4-5,9H2,1-3H3/b14-8+/t11-/m1/s1. The molecule has 0 aliphatic carbocycles. The van der Waals surface area contributed by atoms with Crippen LogP contribution in [0.1, 0.15) is 12.0 Å². The van der Waals surface area contributed by atoms with Crippen LogP contribution in [-0.2, 0) is 14.6 Å². The first-order valence-electron chi connectivity index (χ1n) is 8.07. The fourth-order valence-electron chi connectivity index (χ4n) is 3.11. The molecule has 27 heavy (non-hydrogen) atoms. The van der Waals surface area contributed by atoms with Crippen molar-refractivity contribution in [1.29, 1.82) is 0 Å². The molecule has 1 aromatic carbocycles. The van der Waals surface area contributed by atoms with E-state index in [0.717, 1.165) is 11.8 Å². The molecule has 0 spiro atoms. The van der Waals surface area contributed by atoms with Crippen LogP contribution in [-0.4, -0.2) is 62.4 Å². The van der Waals surface area contributed by atoms with E-state index in [-0.39, 0.29) is 17.4 Å². The average Bonchev–Trinajstić information content (AvgIpc) is 3.12. The van der Waals surface area contributed by atoms with Crippen LogP contribution in [0, 0.1) is 0 Å². The molecule has 1 aromatic rings. The molecule has 0 bridgehead atoms. The normalized spacial score (nSPS) is 23.1. The molecule has 0 radical (unpaired) electrons. The second-order valence-corrected chi connectivity index (χ2v) is 9.97. The average molecular weight is 430 g/mol. The molecule has 1 amide bonds. The molecule has 2 saturated heterocycles. The van der Waals surface area contributed by atoms with Gasteiger partial charge in [0.1, 0.15) is 4.32 Å². The summed E-state index contributed by atoms with van der Waals surface area (Å²) in [6, 6.07) is 3.07. The Morgan fingerprint density at radius 3 is 2.30 bits per heavy atom. The summed E-state index contributed by atoms with van der Waals surface area (Å²) in [7, 11) is 1.43. The number of amides is 1. The molecule has 10 heteroatoms. The molecule has 2 aliphatic heterocycles. The lowest BCUT2D eigenvalue weighted by molar-refractivity contribution is -0.123. The van der Waals surface area contributed by atoms with Crippen LogP contribution in [0.15, 0.2) is 17.0 Å². The molecule has 0 aromatic heterocycles. The van der Waals surface area contributed by atoms with Gasteiger partial charge in [0, 0.05) is 0 Å². The second kappa shape index (κ2) is 7.69. The Morgan fingerprint density at radius 2 is 1.81 bits per heavy atom. The maximum atomic E-state index is 12.8. The summed E-state index contributed by atoms with van der Waals surface area (Å²) in [5.41, 5.74) is 0.684. The number of hydrogen-bond donors (Lipinski definition) is 0. The van der Waals surface area contributed by atoms with E-state index >= 15 is 0 Å². The summed E-state index contributed by atoms with van der Waals surface area (Å²) >= 11 is 6.48. The first-order chi connectivity index (χ1) is 12.8. The van der Waals surface area contributed by atoms with Crippen molar-refractivity contribution in [3.8, 4) is 17.2 Å². The second-order valence-electron chi connectivity index (χ2n) is 6.07. The Kier molecular flexibility index (Phi) is 5.68. The predicted molar refractivity (Wildman–Crippen MR) is 108 cm³/mol. The Labute approximate surface area is 167 Å². The maximum Gasteiger partial charge on any atom is 0.266 e. The summed E-state index contributed by atoms with van der Waals surface area (Å²) in [4.78, 5) is 14.7. The minimum Gasteiger partial charge on any atom is -0.493 e. The summed E-state index contributed by atoms with van der Waals surface area (Å²) in [5.74, 6) is 1.17. The molecule has 0 unspecified atom stereocenters. The summed E-state index contributed by atoms with van der Waals surface area (Å²) in [5, 5.41) is 0. The summed E-state index contributed by atoms with van der Waals surface area (Å²) in [6.07, 6.45) is 2.10. The largest absolute Gasteiger partial charge is 0.493 e. The van der Waals surface area contributed by atoms with Gasteiger partial charge in [0.25, 0.3) is 5.91 Å². The number of carbonyl (C=O) groups excluding carboxylic acids is 1. The van der Waals surface area contributed by atoms with Gasteiger partial charge in [-0.15, -0.1) is 0 Å². The predicted octanol–water partition coefficient (Wildman–Crippen LogP) is 2.10. The highest BCUT2D eigenvalue weighted by Crippen LogP contribution is 2.41. The highest BCUT2D eigenvalue weighted by Gasteiger charge is 2.42. The monoisotopic (exact) mass is 429 g/mol. The van der Waals surface area contributed by atoms with Crippen LogP contribution in [0.2, 0.25) is 0 Å². The number of ether oxygens (including phenoxy) is 3. The number of rotatable bonds is 5. The Morgan fingerprint density at radius 1 is 1.19 bits per heavy atom. The molecule has 2 aliphatic rings. The lowest BCUT2D eigenvalue weighted by Gasteiger charge is -2.20. The highest BCUT2D eigenvalue weighted by molar-refractivity contribution is 8.26. The van der Waals surface area contributed by atoms with Gasteiger partial charge in [-0.05, 0) is 30.2 Å². The number of thiocarbonyl (C=S) groups is 1. The SMILES string of the molecule is COc1cc(/C=C2/SC(=S)N([C@@H]3CCS(=O)(=O)C3)C2=O)cc(OC)c1OC. The quantitative estimate of drug-likeness (QED) is 0.520. The van der Waals surface area contributed by atoms with E-state index in [9.17, 15) is 13.2 Å². The van der Waals surface area contributed by atoms with Crippen molar-refractivity contribution in [2.24, 2.45) is 0 Å².